The molecule has 0 spiro atoms. The van der Waals surface area contributed by atoms with Crippen molar-refractivity contribution < 1.29 is 23.1 Å². The molecule has 0 aliphatic rings. The van der Waals surface area contributed by atoms with Gasteiger partial charge in [0.25, 0.3) is 0 Å². The second-order valence-electron chi connectivity index (χ2n) is 4.42. The molecular formula is C14H18F2N2O3. The average molecular weight is 300 g/mol. The Balaban J connectivity index is 3.08. The number of ether oxygens (including phenoxy) is 1. The summed E-state index contributed by atoms with van der Waals surface area (Å²) in [6.45, 7) is 1.67. The normalized spacial score (nSPS) is 10.4. The molecule has 0 aromatic heterocycles. The molecule has 0 unspecified atom stereocenters. The molecule has 0 radical (unpaired) electrons. The highest BCUT2D eigenvalue weighted by Gasteiger charge is 2.16. The van der Waals surface area contributed by atoms with Crippen LogP contribution in [0.2, 0.25) is 0 Å². The monoisotopic (exact) mass is 300 g/mol. The van der Waals surface area contributed by atoms with Crippen LogP contribution >= 0.6 is 0 Å². The molecule has 1 aromatic rings. The van der Waals surface area contributed by atoms with Crippen LogP contribution in [0.15, 0.2) is 12.1 Å². The number of alkyl halides is 2. The van der Waals surface area contributed by atoms with Crippen LogP contribution in [-0.2, 0) is 16.1 Å². The molecule has 1 rings (SSSR count). The predicted molar refractivity (Wildman–Crippen MR) is 74.3 cm³/mol. The third-order valence-corrected chi connectivity index (χ3v) is 2.80. The van der Waals surface area contributed by atoms with Gasteiger partial charge in [-0.05, 0) is 13.0 Å². The van der Waals surface area contributed by atoms with Gasteiger partial charge in [-0.2, -0.15) is 8.78 Å². The Bertz CT molecular complexity index is 533. The van der Waals surface area contributed by atoms with Gasteiger partial charge in [0.2, 0.25) is 11.8 Å². The van der Waals surface area contributed by atoms with E-state index in [1.54, 1.807) is 19.9 Å². The zero-order valence-electron chi connectivity index (χ0n) is 12.1. The van der Waals surface area contributed by atoms with E-state index in [0.717, 1.165) is 0 Å². The summed E-state index contributed by atoms with van der Waals surface area (Å²) < 4.78 is 29.6. The van der Waals surface area contributed by atoms with Crippen molar-refractivity contribution in [3.63, 3.8) is 0 Å². The van der Waals surface area contributed by atoms with Gasteiger partial charge in [0, 0.05) is 36.7 Å². The molecule has 0 atom stereocenters. The first-order valence-corrected chi connectivity index (χ1v) is 6.46. The number of halogens is 2. The Morgan fingerprint density at radius 1 is 1.33 bits per heavy atom. The molecule has 0 fully saturated rings. The van der Waals surface area contributed by atoms with Crippen molar-refractivity contribution in [1.29, 1.82) is 0 Å². The van der Waals surface area contributed by atoms with Gasteiger partial charge in [0.05, 0.1) is 0 Å². The lowest BCUT2D eigenvalue weighted by Crippen LogP contribution is -2.22. The lowest BCUT2D eigenvalue weighted by Gasteiger charge is -2.17. The van der Waals surface area contributed by atoms with Gasteiger partial charge in [0.1, 0.15) is 5.75 Å². The van der Waals surface area contributed by atoms with Crippen molar-refractivity contribution in [2.24, 2.45) is 0 Å². The number of anilines is 1. The van der Waals surface area contributed by atoms with E-state index in [4.69, 9.17) is 0 Å². The summed E-state index contributed by atoms with van der Waals surface area (Å²) in [7, 11) is 0. The van der Waals surface area contributed by atoms with Crippen LogP contribution in [-0.4, -0.2) is 18.4 Å². The van der Waals surface area contributed by atoms with Crippen LogP contribution in [0.4, 0.5) is 14.5 Å². The Hall–Kier alpha value is -2.18. The van der Waals surface area contributed by atoms with Crippen LogP contribution in [0, 0.1) is 6.92 Å². The molecular weight excluding hydrogens is 282 g/mol. The van der Waals surface area contributed by atoms with Gasteiger partial charge in [-0.1, -0.05) is 13.0 Å². The van der Waals surface area contributed by atoms with Gasteiger partial charge in [-0.15, -0.1) is 0 Å². The van der Waals surface area contributed by atoms with E-state index in [1.165, 1.54) is 13.0 Å². The first-order valence-electron chi connectivity index (χ1n) is 6.46. The second-order valence-corrected chi connectivity index (χ2v) is 4.42. The minimum absolute atomic E-state index is 0.0346. The van der Waals surface area contributed by atoms with Gasteiger partial charge in [0.15, 0.2) is 0 Å². The fourth-order valence-electron chi connectivity index (χ4n) is 1.78. The first kappa shape index (κ1) is 16.9. The van der Waals surface area contributed by atoms with Gasteiger partial charge in [-0.3, -0.25) is 9.59 Å². The van der Waals surface area contributed by atoms with Crippen LogP contribution in [0.1, 0.15) is 31.4 Å². The van der Waals surface area contributed by atoms with Crippen molar-refractivity contribution >= 4 is 17.5 Å². The molecule has 0 aliphatic carbocycles. The van der Waals surface area contributed by atoms with Crippen molar-refractivity contribution in [2.75, 3.05) is 5.32 Å². The van der Waals surface area contributed by atoms with Crippen LogP contribution < -0.4 is 15.4 Å². The molecule has 2 amide bonds. The molecule has 0 saturated carbocycles. The Kier molecular flexibility index (Phi) is 6.08. The predicted octanol–water partition coefficient (Wildman–Crippen LogP) is 2.58. The zero-order valence-corrected chi connectivity index (χ0v) is 12.1. The standard InChI is InChI=1S/C14H18F2N2O3/c1-4-12(20)17-7-10-5-6-11(18-9(3)19)8(2)13(10)21-14(15)16/h5-6,14H,4,7H2,1-3H3,(H,17,20)(H,18,19). The maximum atomic E-state index is 12.5. The largest absolute Gasteiger partial charge is 0.434 e. The minimum Gasteiger partial charge on any atom is -0.434 e. The van der Waals surface area contributed by atoms with E-state index in [1.807, 2.05) is 0 Å². The number of rotatable bonds is 6. The SMILES string of the molecule is CCC(=O)NCc1ccc(NC(C)=O)c(C)c1OC(F)F. The summed E-state index contributed by atoms with van der Waals surface area (Å²) in [5, 5.41) is 5.14. The summed E-state index contributed by atoms with van der Waals surface area (Å²) in [5.41, 5.74) is 1.20. The quantitative estimate of drug-likeness (QED) is 0.848. The lowest BCUT2D eigenvalue weighted by atomic mass is 10.1. The minimum atomic E-state index is -2.99. The van der Waals surface area contributed by atoms with Crippen LogP contribution in [0.3, 0.4) is 0 Å². The number of nitrogens with one attached hydrogen (secondary N) is 2. The number of hydrogen-bond donors (Lipinski definition) is 2. The molecule has 0 heterocycles. The molecule has 0 aliphatic heterocycles. The second kappa shape index (κ2) is 7.56. The van der Waals surface area contributed by atoms with E-state index in [9.17, 15) is 18.4 Å². The third kappa shape index (κ3) is 5.02. The van der Waals surface area contributed by atoms with Crippen molar-refractivity contribution in [1.82, 2.24) is 5.32 Å². The number of benzene rings is 1. The summed E-state index contributed by atoms with van der Waals surface area (Å²) in [5.74, 6) is -0.539. The highest BCUT2D eigenvalue weighted by molar-refractivity contribution is 5.90. The number of hydrogen-bond acceptors (Lipinski definition) is 3. The van der Waals surface area contributed by atoms with E-state index < -0.39 is 6.61 Å². The molecule has 2 N–H and O–H groups in total. The molecule has 0 bridgehead atoms. The highest BCUT2D eigenvalue weighted by Crippen LogP contribution is 2.31. The molecule has 116 valence electrons. The van der Waals surface area contributed by atoms with Crippen LogP contribution in [0.25, 0.3) is 0 Å². The molecule has 0 saturated heterocycles. The van der Waals surface area contributed by atoms with Crippen LogP contribution in [0.5, 0.6) is 5.75 Å². The van der Waals surface area contributed by atoms with Gasteiger partial charge >= 0.3 is 6.61 Å². The smallest absolute Gasteiger partial charge is 0.387 e. The maximum Gasteiger partial charge on any atom is 0.387 e. The maximum absolute atomic E-state index is 12.5. The molecule has 1 aromatic carbocycles. The zero-order chi connectivity index (χ0) is 16.0. The number of carbonyl (C=O) groups excluding carboxylic acids is 2. The number of carbonyl (C=O) groups is 2. The van der Waals surface area contributed by atoms with Gasteiger partial charge in [-0.25, -0.2) is 0 Å². The number of amides is 2. The Morgan fingerprint density at radius 2 is 2.00 bits per heavy atom. The summed E-state index contributed by atoms with van der Waals surface area (Å²) in [4.78, 5) is 22.3. The molecule has 5 nitrogen and oxygen atoms in total. The van der Waals surface area contributed by atoms with E-state index in [2.05, 4.69) is 15.4 Å². The topological polar surface area (TPSA) is 67.4 Å². The Morgan fingerprint density at radius 3 is 2.52 bits per heavy atom. The van der Waals surface area contributed by atoms with Gasteiger partial charge < -0.3 is 15.4 Å². The van der Waals surface area contributed by atoms with Crippen molar-refractivity contribution in [2.45, 2.75) is 40.3 Å². The van der Waals surface area contributed by atoms with E-state index >= 15 is 0 Å². The third-order valence-electron chi connectivity index (χ3n) is 2.80. The molecule has 21 heavy (non-hydrogen) atoms. The summed E-state index contributed by atoms with van der Waals surface area (Å²) in [6.07, 6.45) is 0.300. The first-order chi connectivity index (χ1) is 9.85. The Labute approximate surface area is 121 Å². The fraction of sp³-hybridized carbons (Fsp3) is 0.429. The van der Waals surface area contributed by atoms with E-state index in [0.29, 0.717) is 23.2 Å². The lowest BCUT2D eigenvalue weighted by molar-refractivity contribution is -0.121. The summed E-state index contributed by atoms with van der Waals surface area (Å²) in [6, 6.07) is 3.12. The summed E-state index contributed by atoms with van der Waals surface area (Å²) >= 11 is 0. The van der Waals surface area contributed by atoms with E-state index in [-0.39, 0.29) is 24.1 Å². The van der Waals surface area contributed by atoms with Crippen molar-refractivity contribution in [3.8, 4) is 5.75 Å². The van der Waals surface area contributed by atoms with Crippen molar-refractivity contribution in [3.05, 3.63) is 23.3 Å². The highest BCUT2D eigenvalue weighted by atomic mass is 19.3. The molecule has 7 heteroatoms. The average Bonchev–Trinajstić information content (AvgIpc) is 2.41. The fourth-order valence-corrected chi connectivity index (χ4v) is 1.78.